The van der Waals surface area contributed by atoms with Gasteiger partial charge in [-0.15, -0.1) is 0 Å². The molecule has 3 nitrogen and oxygen atoms in total. The molecule has 0 unspecified atom stereocenters. The van der Waals surface area contributed by atoms with Gasteiger partial charge in [0, 0.05) is 5.69 Å². The number of hydrogen-bond donors (Lipinski definition) is 2. The number of nitrogens with one attached hydrogen (secondary N) is 1. The van der Waals surface area contributed by atoms with Gasteiger partial charge >= 0.3 is 0 Å². The fourth-order valence-electron chi connectivity index (χ4n) is 1.66. The van der Waals surface area contributed by atoms with Gasteiger partial charge in [0.05, 0.1) is 17.1 Å². The fourth-order valence-corrected chi connectivity index (χ4v) is 1.90. The van der Waals surface area contributed by atoms with Crippen LogP contribution in [0.2, 0.25) is 5.02 Å². The Kier molecular flexibility index (Phi) is 4.20. The molecule has 0 spiro atoms. The third-order valence-corrected chi connectivity index (χ3v) is 2.93. The van der Waals surface area contributed by atoms with Crippen molar-refractivity contribution in [2.75, 3.05) is 11.1 Å². The lowest BCUT2D eigenvalue weighted by Gasteiger charge is -2.08. The van der Waals surface area contributed by atoms with Gasteiger partial charge in [-0.1, -0.05) is 17.7 Å². The van der Waals surface area contributed by atoms with Crippen molar-refractivity contribution < 1.29 is 13.6 Å². The number of carbonyl (C=O) groups is 1. The van der Waals surface area contributed by atoms with Gasteiger partial charge in [-0.3, -0.25) is 4.79 Å². The fraction of sp³-hybridized carbons (Fsp3) is 0.0714. The highest BCUT2D eigenvalue weighted by Gasteiger charge is 2.09. The zero-order valence-corrected chi connectivity index (χ0v) is 11.0. The Hall–Kier alpha value is -2.14. The van der Waals surface area contributed by atoms with Gasteiger partial charge in [-0.05, 0) is 35.9 Å². The molecule has 20 heavy (non-hydrogen) atoms. The first-order valence-corrected chi connectivity index (χ1v) is 6.12. The second-order valence-electron chi connectivity index (χ2n) is 4.21. The van der Waals surface area contributed by atoms with Crippen LogP contribution in [0.1, 0.15) is 5.56 Å². The largest absolute Gasteiger partial charge is 0.399 e. The highest BCUT2D eigenvalue weighted by molar-refractivity contribution is 6.34. The standard InChI is InChI=1S/C14H11ClF2N2O/c15-10-7-9(18)2-4-13(10)19-14(20)6-8-1-3-11(16)12(17)5-8/h1-5,7H,6,18H2,(H,19,20). The molecule has 0 heterocycles. The van der Waals surface area contributed by atoms with Crippen LogP contribution < -0.4 is 11.1 Å². The van der Waals surface area contributed by atoms with E-state index in [9.17, 15) is 13.6 Å². The molecule has 104 valence electrons. The molecule has 0 aliphatic carbocycles. The summed E-state index contributed by atoms with van der Waals surface area (Å²) in [5.41, 5.74) is 6.80. The lowest BCUT2D eigenvalue weighted by Crippen LogP contribution is -2.15. The van der Waals surface area contributed by atoms with Crippen LogP contribution in [-0.4, -0.2) is 5.91 Å². The van der Waals surface area contributed by atoms with Gasteiger partial charge in [0.2, 0.25) is 5.91 Å². The predicted molar refractivity (Wildman–Crippen MR) is 74.6 cm³/mol. The van der Waals surface area contributed by atoms with E-state index in [4.69, 9.17) is 17.3 Å². The zero-order valence-electron chi connectivity index (χ0n) is 10.3. The van der Waals surface area contributed by atoms with Crippen molar-refractivity contribution in [3.63, 3.8) is 0 Å². The Morgan fingerprint density at radius 3 is 2.55 bits per heavy atom. The summed E-state index contributed by atoms with van der Waals surface area (Å²) in [6, 6.07) is 7.99. The van der Waals surface area contributed by atoms with E-state index >= 15 is 0 Å². The lowest BCUT2D eigenvalue weighted by atomic mass is 10.1. The summed E-state index contributed by atoms with van der Waals surface area (Å²) in [5.74, 6) is -2.32. The molecule has 0 atom stereocenters. The van der Waals surface area contributed by atoms with Crippen molar-refractivity contribution in [1.29, 1.82) is 0 Å². The zero-order chi connectivity index (χ0) is 14.7. The van der Waals surface area contributed by atoms with Crippen molar-refractivity contribution in [1.82, 2.24) is 0 Å². The lowest BCUT2D eigenvalue weighted by molar-refractivity contribution is -0.115. The Morgan fingerprint density at radius 2 is 1.90 bits per heavy atom. The van der Waals surface area contributed by atoms with Crippen LogP contribution >= 0.6 is 11.6 Å². The normalized spacial score (nSPS) is 10.3. The number of hydrogen-bond acceptors (Lipinski definition) is 2. The summed E-state index contributed by atoms with van der Waals surface area (Å²) in [5, 5.41) is 2.89. The van der Waals surface area contributed by atoms with Gasteiger partial charge in [0.25, 0.3) is 0 Å². The molecule has 2 rings (SSSR count). The Balaban J connectivity index is 2.07. The maximum Gasteiger partial charge on any atom is 0.228 e. The first kappa shape index (κ1) is 14.3. The third-order valence-electron chi connectivity index (χ3n) is 2.62. The Labute approximate surface area is 119 Å². The van der Waals surface area contributed by atoms with E-state index in [1.54, 1.807) is 12.1 Å². The molecule has 0 fully saturated rings. The maximum atomic E-state index is 13.0. The SMILES string of the molecule is Nc1ccc(NC(=O)Cc2ccc(F)c(F)c2)c(Cl)c1. The maximum absolute atomic E-state index is 13.0. The van der Waals surface area contributed by atoms with Crippen LogP contribution in [-0.2, 0) is 11.2 Å². The van der Waals surface area contributed by atoms with Crippen molar-refractivity contribution >= 4 is 28.9 Å². The quantitative estimate of drug-likeness (QED) is 0.853. The second kappa shape index (κ2) is 5.88. The number of carbonyl (C=O) groups excluding carboxylic acids is 1. The molecule has 0 aromatic heterocycles. The van der Waals surface area contributed by atoms with E-state index in [1.165, 1.54) is 12.1 Å². The summed E-state index contributed by atoms with van der Waals surface area (Å²) >= 11 is 5.92. The number of benzene rings is 2. The number of halogens is 3. The molecular formula is C14H11ClF2N2O. The van der Waals surface area contributed by atoms with E-state index in [-0.39, 0.29) is 12.3 Å². The first-order chi connectivity index (χ1) is 9.45. The molecular weight excluding hydrogens is 286 g/mol. The minimum atomic E-state index is -0.985. The predicted octanol–water partition coefficient (Wildman–Crippen LogP) is 3.38. The van der Waals surface area contributed by atoms with Gasteiger partial charge in [-0.25, -0.2) is 8.78 Å². The minimum Gasteiger partial charge on any atom is -0.399 e. The van der Waals surface area contributed by atoms with Gasteiger partial charge < -0.3 is 11.1 Å². The van der Waals surface area contributed by atoms with Crippen LogP contribution in [0.4, 0.5) is 20.2 Å². The summed E-state index contributed by atoms with van der Waals surface area (Å²) in [7, 11) is 0. The van der Waals surface area contributed by atoms with Crippen molar-refractivity contribution in [2.24, 2.45) is 0 Å². The molecule has 0 aliphatic rings. The highest BCUT2D eigenvalue weighted by Crippen LogP contribution is 2.24. The molecule has 2 aromatic rings. The monoisotopic (exact) mass is 296 g/mol. The van der Waals surface area contributed by atoms with Gasteiger partial charge in [0.1, 0.15) is 0 Å². The number of amides is 1. The molecule has 0 aliphatic heterocycles. The average Bonchev–Trinajstić information content (AvgIpc) is 2.37. The van der Waals surface area contributed by atoms with E-state index in [1.807, 2.05) is 0 Å². The van der Waals surface area contributed by atoms with Crippen molar-refractivity contribution in [2.45, 2.75) is 6.42 Å². The summed E-state index contributed by atoms with van der Waals surface area (Å²) in [6.07, 6.45) is -0.0854. The second-order valence-corrected chi connectivity index (χ2v) is 4.62. The van der Waals surface area contributed by atoms with Crippen LogP contribution in [0.15, 0.2) is 36.4 Å². The molecule has 0 saturated carbocycles. The average molecular weight is 297 g/mol. The van der Waals surface area contributed by atoms with Gasteiger partial charge in [-0.2, -0.15) is 0 Å². The molecule has 3 N–H and O–H groups in total. The Morgan fingerprint density at radius 1 is 1.15 bits per heavy atom. The molecule has 1 amide bonds. The number of nitrogen functional groups attached to an aromatic ring is 1. The minimum absolute atomic E-state index is 0.0854. The van der Waals surface area contributed by atoms with Gasteiger partial charge in [0.15, 0.2) is 11.6 Å². The van der Waals surface area contributed by atoms with Crippen molar-refractivity contribution in [3.05, 3.63) is 58.6 Å². The third kappa shape index (κ3) is 3.45. The molecule has 0 radical (unpaired) electrons. The number of rotatable bonds is 3. The molecule has 0 saturated heterocycles. The molecule has 2 aromatic carbocycles. The number of nitrogens with two attached hydrogens (primary N) is 1. The molecule has 0 bridgehead atoms. The van der Waals surface area contributed by atoms with E-state index < -0.39 is 11.6 Å². The first-order valence-electron chi connectivity index (χ1n) is 5.74. The Bertz CT molecular complexity index is 662. The van der Waals surface area contributed by atoms with E-state index in [0.29, 0.717) is 22.0 Å². The smallest absolute Gasteiger partial charge is 0.228 e. The number of anilines is 2. The van der Waals surface area contributed by atoms with Crippen LogP contribution in [0, 0.1) is 11.6 Å². The summed E-state index contributed by atoms with van der Waals surface area (Å²) in [6.45, 7) is 0. The van der Waals surface area contributed by atoms with Crippen LogP contribution in [0.5, 0.6) is 0 Å². The highest BCUT2D eigenvalue weighted by atomic mass is 35.5. The summed E-state index contributed by atoms with van der Waals surface area (Å²) in [4.78, 5) is 11.8. The topological polar surface area (TPSA) is 55.1 Å². The van der Waals surface area contributed by atoms with Crippen molar-refractivity contribution in [3.8, 4) is 0 Å². The van der Waals surface area contributed by atoms with Crippen LogP contribution in [0.3, 0.4) is 0 Å². The van der Waals surface area contributed by atoms with E-state index in [0.717, 1.165) is 12.1 Å². The van der Waals surface area contributed by atoms with Crippen LogP contribution in [0.25, 0.3) is 0 Å². The van der Waals surface area contributed by atoms with E-state index in [2.05, 4.69) is 5.32 Å². The molecule has 6 heteroatoms. The summed E-state index contributed by atoms with van der Waals surface area (Å²) < 4.78 is 25.8.